The molecule has 1 amide bonds. The van der Waals surface area contributed by atoms with Gasteiger partial charge in [-0.2, -0.15) is 5.10 Å². The van der Waals surface area contributed by atoms with E-state index >= 15 is 0 Å². The maximum Gasteiger partial charge on any atom is 0.226 e. The van der Waals surface area contributed by atoms with Crippen LogP contribution in [0.4, 0.5) is 5.82 Å². The highest BCUT2D eigenvalue weighted by atomic mass is 35.5. The highest BCUT2D eigenvalue weighted by Crippen LogP contribution is 2.27. The van der Waals surface area contributed by atoms with Crippen LogP contribution in [0, 0.1) is 5.92 Å². The predicted molar refractivity (Wildman–Crippen MR) is 92.5 cm³/mol. The third-order valence-corrected chi connectivity index (χ3v) is 4.46. The number of amides is 1. The first-order valence-electron chi connectivity index (χ1n) is 7.25. The Morgan fingerprint density at radius 2 is 2.14 bits per heavy atom. The fourth-order valence-corrected chi connectivity index (χ4v) is 3.14. The Morgan fingerprint density at radius 3 is 2.86 bits per heavy atom. The molecule has 118 valence electrons. The van der Waals surface area contributed by atoms with Crippen molar-refractivity contribution in [2.45, 2.75) is 31.7 Å². The minimum Gasteiger partial charge on any atom is -0.311 e. The van der Waals surface area contributed by atoms with Gasteiger partial charge in [0.2, 0.25) is 5.91 Å². The molecule has 2 aromatic rings. The summed E-state index contributed by atoms with van der Waals surface area (Å²) in [4.78, 5) is 13.0. The number of aromatic nitrogens is 2. The second-order valence-corrected chi connectivity index (χ2v) is 6.91. The third-order valence-electron chi connectivity index (χ3n) is 2.95. The minimum absolute atomic E-state index is 0.00920. The van der Waals surface area contributed by atoms with Gasteiger partial charge in [0.05, 0.1) is 11.2 Å². The van der Waals surface area contributed by atoms with Gasteiger partial charge in [-0.25, -0.2) is 4.68 Å². The first-order valence-corrected chi connectivity index (χ1v) is 8.61. The van der Waals surface area contributed by atoms with Crippen LogP contribution < -0.4 is 5.32 Å². The molecule has 4 nitrogen and oxygen atoms in total. The van der Waals surface area contributed by atoms with E-state index in [4.69, 9.17) is 11.6 Å². The van der Waals surface area contributed by atoms with Gasteiger partial charge in [0.25, 0.3) is 0 Å². The zero-order chi connectivity index (χ0) is 15.9. The van der Waals surface area contributed by atoms with Crippen molar-refractivity contribution in [3.8, 4) is 0 Å². The molecule has 6 heteroatoms. The van der Waals surface area contributed by atoms with Gasteiger partial charge in [0, 0.05) is 29.7 Å². The molecule has 0 spiro atoms. The van der Waals surface area contributed by atoms with Crippen LogP contribution in [0.1, 0.15) is 20.3 Å². The lowest BCUT2D eigenvalue weighted by atomic mass is 10.2. The fourth-order valence-electron chi connectivity index (χ4n) is 1.95. The summed E-state index contributed by atoms with van der Waals surface area (Å²) in [6.07, 6.45) is 2.14. The Balaban J connectivity index is 1.81. The van der Waals surface area contributed by atoms with Gasteiger partial charge in [-0.15, -0.1) is 11.8 Å². The number of carbonyl (C=O) groups is 1. The van der Waals surface area contributed by atoms with Crippen LogP contribution in [0.5, 0.6) is 0 Å². The summed E-state index contributed by atoms with van der Waals surface area (Å²) < 4.78 is 1.82. The summed E-state index contributed by atoms with van der Waals surface area (Å²) in [6, 6.07) is 9.48. The zero-order valence-corrected chi connectivity index (χ0v) is 14.3. The van der Waals surface area contributed by atoms with Crippen LogP contribution in [0.25, 0.3) is 0 Å². The molecule has 0 atom stereocenters. The Hall–Kier alpha value is -1.46. The Kier molecular flexibility index (Phi) is 6.34. The number of thioether (sulfide) groups is 1. The van der Waals surface area contributed by atoms with Crippen LogP contribution >= 0.6 is 23.4 Å². The summed E-state index contributed by atoms with van der Waals surface area (Å²) >= 11 is 7.68. The molecule has 0 aliphatic rings. The molecule has 0 bridgehead atoms. The van der Waals surface area contributed by atoms with E-state index in [9.17, 15) is 4.79 Å². The molecule has 22 heavy (non-hydrogen) atoms. The number of hydrogen-bond acceptors (Lipinski definition) is 3. The Labute approximate surface area is 140 Å². The molecule has 1 aromatic heterocycles. The predicted octanol–water partition coefficient (Wildman–Crippen LogP) is 4.31. The van der Waals surface area contributed by atoms with Crippen molar-refractivity contribution in [3.63, 3.8) is 0 Å². The highest BCUT2D eigenvalue weighted by molar-refractivity contribution is 7.99. The molecule has 0 radical (unpaired) electrons. The van der Waals surface area contributed by atoms with Crippen LogP contribution in [-0.4, -0.2) is 21.4 Å². The van der Waals surface area contributed by atoms with E-state index in [1.807, 2.05) is 35.0 Å². The lowest BCUT2D eigenvalue weighted by molar-refractivity contribution is -0.115. The first-order chi connectivity index (χ1) is 10.6. The minimum atomic E-state index is -0.00920. The molecule has 0 unspecified atom stereocenters. The second kappa shape index (κ2) is 8.25. The van der Waals surface area contributed by atoms with Crippen LogP contribution in [0.3, 0.4) is 0 Å². The van der Waals surface area contributed by atoms with E-state index in [0.29, 0.717) is 18.1 Å². The molecule has 1 aromatic carbocycles. The van der Waals surface area contributed by atoms with Crippen molar-refractivity contribution in [1.29, 1.82) is 0 Å². The monoisotopic (exact) mass is 337 g/mol. The molecule has 0 saturated carbocycles. The SMILES string of the molecule is CC(C)Cn1nccc1NC(=O)CCSc1ccccc1Cl. The Bertz CT molecular complexity index is 627. The number of nitrogens with zero attached hydrogens (tertiary/aromatic N) is 2. The first kappa shape index (κ1) is 16.9. The van der Waals surface area contributed by atoms with Crippen molar-refractivity contribution in [2.24, 2.45) is 5.92 Å². The molecule has 0 aliphatic carbocycles. The summed E-state index contributed by atoms with van der Waals surface area (Å²) in [5, 5.41) is 7.87. The standard InChI is InChI=1S/C16H20ClN3OS/c1-12(2)11-20-15(7-9-18-20)19-16(21)8-10-22-14-6-4-3-5-13(14)17/h3-7,9,12H,8,10-11H2,1-2H3,(H,19,21). The zero-order valence-electron chi connectivity index (χ0n) is 12.8. The van der Waals surface area contributed by atoms with Crippen LogP contribution in [0.2, 0.25) is 5.02 Å². The summed E-state index contributed by atoms with van der Waals surface area (Å²) in [6.45, 7) is 5.03. The van der Waals surface area contributed by atoms with Crippen molar-refractivity contribution in [2.75, 3.05) is 11.1 Å². The number of hydrogen-bond donors (Lipinski definition) is 1. The van der Waals surface area contributed by atoms with Crippen LogP contribution in [-0.2, 0) is 11.3 Å². The molecular weight excluding hydrogens is 318 g/mol. The van der Waals surface area contributed by atoms with Gasteiger partial charge < -0.3 is 5.32 Å². The maximum atomic E-state index is 12.0. The van der Waals surface area contributed by atoms with Gasteiger partial charge in [0.15, 0.2) is 0 Å². The largest absolute Gasteiger partial charge is 0.311 e. The average molecular weight is 338 g/mol. The summed E-state index contributed by atoms with van der Waals surface area (Å²) in [7, 11) is 0. The second-order valence-electron chi connectivity index (χ2n) is 5.37. The number of benzene rings is 1. The third kappa shape index (κ3) is 5.07. The van der Waals surface area contributed by atoms with Gasteiger partial charge in [-0.1, -0.05) is 37.6 Å². The van der Waals surface area contributed by atoms with E-state index in [2.05, 4.69) is 24.3 Å². The summed E-state index contributed by atoms with van der Waals surface area (Å²) in [5.74, 6) is 1.91. The number of rotatable bonds is 7. The fraction of sp³-hybridized carbons (Fsp3) is 0.375. The molecular formula is C16H20ClN3OS. The van der Waals surface area contributed by atoms with E-state index in [1.165, 1.54) is 0 Å². The van der Waals surface area contributed by atoms with E-state index in [-0.39, 0.29) is 5.91 Å². The number of halogens is 1. The smallest absolute Gasteiger partial charge is 0.226 e. The van der Waals surface area contributed by atoms with Gasteiger partial charge in [-0.05, 0) is 18.1 Å². The molecule has 1 N–H and O–H groups in total. The van der Waals surface area contributed by atoms with Gasteiger partial charge >= 0.3 is 0 Å². The maximum absolute atomic E-state index is 12.0. The topological polar surface area (TPSA) is 46.9 Å². The van der Waals surface area contributed by atoms with Crippen LogP contribution in [0.15, 0.2) is 41.4 Å². The van der Waals surface area contributed by atoms with Crippen molar-refractivity contribution in [3.05, 3.63) is 41.6 Å². The summed E-state index contributed by atoms with van der Waals surface area (Å²) in [5.41, 5.74) is 0. The number of nitrogens with one attached hydrogen (secondary N) is 1. The Morgan fingerprint density at radius 1 is 1.36 bits per heavy atom. The normalized spacial score (nSPS) is 10.9. The molecule has 0 aliphatic heterocycles. The molecule has 0 saturated heterocycles. The van der Waals surface area contributed by atoms with E-state index < -0.39 is 0 Å². The molecule has 1 heterocycles. The van der Waals surface area contributed by atoms with Gasteiger partial charge in [-0.3, -0.25) is 4.79 Å². The lowest BCUT2D eigenvalue weighted by Crippen LogP contribution is -2.17. The molecule has 0 fully saturated rings. The number of carbonyl (C=O) groups excluding carboxylic acids is 1. The van der Waals surface area contributed by atoms with E-state index in [1.54, 1.807) is 18.0 Å². The number of anilines is 1. The average Bonchev–Trinajstić information content (AvgIpc) is 2.87. The van der Waals surface area contributed by atoms with Crippen molar-refractivity contribution < 1.29 is 4.79 Å². The van der Waals surface area contributed by atoms with E-state index in [0.717, 1.165) is 22.3 Å². The quantitative estimate of drug-likeness (QED) is 0.766. The van der Waals surface area contributed by atoms with Crippen molar-refractivity contribution >= 4 is 35.1 Å². The van der Waals surface area contributed by atoms with Crippen molar-refractivity contribution in [1.82, 2.24) is 9.78 Å². The van der Waals surface area contributed by atoms with Gasteiger partial charge in [0.1, 0.15) is 5.82 Å². The highest BCUT2D eigenvalue weighted by Gasteiger charge is 2.09. The molecule has 2 rings (SSSR count). The lowest BCUT2D eigenvalue weighted by Gasteiger charge is -2.11.